The molecule has 1 atom stereocenters. The lowest BCUT2D eigenvalue weighted by Crippen LogP contribution is -2.37. The first kappa shape index (κ1) is 15.3. The van der Waals surface area contributed by atoms with Crippen LogP contribution in [0.25, 0.3) is 0 Å². The van der Waals surface area contributed by atoms with Crippen molar-refractivity contribution in [1.82, 2.24) is 10.6 Å². The molecule has 0 aliphatic rings. The second-order valence-corrected chi connectivity index (χ2v) is 5.58. The zero-order valence-corrected chi connectivity index (χ0v) is 13.4. The Morgan fingerprint density at radius 2 is 1.61 bits per heavy atom. The third kappa shape index (κ3) is 4.20. The van der Waals surface area contributed by atoms with Crippen LogP contribution < -0.4 is 10.6 Å². The van der Waals surface area contributed by atoms with Crippen molar-refractivity contribution < 1.29 is 4.42 Å². The molecule has 0 fully saturated rings. The molecule has 4 heteroatoms. The smallest absolute Gasteiger partial charge is 0.167 e. The molecule has 1 aromatic heterocycles. The number of nitrogens with one attached hydrogen (secondary N) is 2. The molecule has 0 unspecified atom stereocenters. The highest BCUT2D eigenvalue weighted by atomic mass is 32.1. The Labute approximate surface area is 141 Å². The molecule has 2 aromatic carbocycles. The summed E-state index contributed by atoms with van der Waals surface area (Å²) in [5, 5.41) is 7.17. The molecule has 0 spiro atoms. The van der Waals surface area contributed by atoms with E-state index in [4.69, 9.17) is 16.6 Å². The van der Waals surface area contributed by atoms with E-state index < -0.39 is 0 Å². The summed E-state index contributed by atoms with van der Waals surface area (Å²) < 4.78 is 5.56. The summed E-state index contributed by atoms with van der Waals surface area (Å²) in [6.07, 6.45) is 1.67. The van der Waals surface area contributed by atoms with Crippen molar-refractivity contribution in [2.24, 2.45) is 0 Å². The molecule has 23 heavy (non-hydrogen) atoms. The van der Waals surface area contributed by atoms with E-state index in [1.165, 1.54) is 5.56 Å². The summed E-state index contributed by atoms with van der Waals surface area (Å²) in [6, 6.07) is 24.0. The van der Waals surface area contributed by atoms with E-state index in [0.717, 1.165) is 11.3 Å². The Morgan fingerprint density at radius 1 is 0.913 bits per heavy atom. The van der Waals surface area contributed by atoms with Gasteiger partial charge in [0.15, 0.2) is 5.11 Å². The van der Waals surface area contributed by atoms with Crippen LogP contribution in [0.15, 0.2) is 83.5 Å². The van der Waals surface area contributed by atoms with E-state index in [2.05, 4.69) is 34.9 Å². The van der Waals surface area contributed by atoms with E-state index in [0.29, 0.717) is 11.7 Å². The van der Waals surface area contributed by atoms with Gasteiger partial charge in [0.2, 0.25) is 0 Å². The lowest BCUT2D eigenvalue weighted by Gasteiger charge is -2.19. The van der Waals surface area contributed by atoms with Crippen LogP contribution in [0.2, 0.25) is 0 Å². The van der Waals surface area contributed by atoms with Crippen molar-refractivity contribution in [2.75, 3.05) is 0 Å². The minimum atomic E-state index is -0.109. The van der Waals surface area contributed by atoms with E-state index in [1.54, 1.807) is 6.26 Å². The number of hydrogen-bond acceptors (Lipinski definition) is 2. The van der Waals surface area contributed by atoms with Gasteiger partial charge in [0, 0.05) is 6.54 Å². The molecule has 1 heterocycles. The zero-order valence-electron chi connectivity index (χ0n) is 12.6. The summed E-state index contributed by atoms with van der Waals surface area (Å²) >= 11 is 5.44. The molecule has 116 valence electrons. The molecule has 0 saturated carbocycles. The maximum atomic E-state index is 5.56. The highest BCUT2D eigenvalue weighted by Crippen LogP contribution is 2.22. The second kappa shape index (κ2) is 7.61. The summed E-state index contributed by atoms with van der Waals surface area (Å²) in [7, 11) is 0. The van der Waals surface area contributed by atoms with Crippen molar-refractivity contribution >= 4 is 17.3 Å². The summed E-state index contributed by atoms with van der Waals surface area (Å²) in [4.78, 5) is 0. The molecule has 3 rings (SSSR count). The number of benzene rings is 2. The maximum Gasteiger partial charge on any atom is 0.167 e. The van der Waals surface area contributed by atoms with Gasteiger partial charge in [-0.2, -0.15) is 0 Å². The maximum absolute atomic E-state index is 5.56. The average Bonchev–Trinajstić information content (AvgIpc) is 3.14. The van der Waals surface area contributed by atoms with E-state index in [1.807, 2.05) is 48.5 Å². The quantitative estimate of drug-likeness (QED) is 0.695. The number of thiocarbonyl (C=S) groups is 1. The van der Waals surface area contributed by atoms with Gasteiger partial charge in [-0.05, 0) is 35.5 Å². The fraction of sp³-hybridized carbons (Fsp3) is 0.105. The van der Waals surface area contributed by atoms with E-state index in [-0.39, 0.29) is 6.04 Å². The first-order valence-electron chi connectivity index (χ1n) is 7.49. The third-order valence-corrected chi connectivity index (χ3v) is 3.79. The fourth-order valence-corrected chi connectivity index (χ4v) is 2.57. The fourth-order valence-electron chi connectivity index (χ4n) is 2.38. The highest BCUT2D eigenvalue weighted by molar-refractivity contribution is 7.80. The topological polar surface area (TPSA) is 37.2 Å². The normalized spacial score (nSPS) is 11.7. The van der Waals surface area contributed by atoms with Crippen LogP contribution in [0.4, 0.5) is 0 Å². The molecular formula is C19H18N2OS. The van der Waals surface area contributed by atoms with Gasteiger partial charge in [0.05, 0.1) is 6.26 Å². The molecule has 3 nitrogen and oxygen atoms in total. The Morgan fingerprint density at radius 3 is 2.26 bits per heavy atom. The molecule has 0 bridgehead atoms. The van der Waals surface area contributed by atoms with Crippen LogP contribution in [0.5, 0.6) is 0 Å². The van der Waals surface area contributed by atoms with Crippen molar-refractivity contribution in [3.8, 4) is 0 Å². The minimum absolute atomic E-state index is 0.109. The number of hydrogen-bond donors (Lipinski definition) is 2. The van der Waals surface area contributed by atoms with Crippen LogP contribution >= 0.6 is 12.2 Å². The first-order chi connectivity index (χ1) is 11.3. The van der Waals surface area contributed by atoms with Gasteiger partial charge in [-0.25, -0.2) is 0 Å². The number of furan rings is 1. The Hall–Kier alpha value is -2.59. The Bertz CT molecular complexity index is 727. The monoisotopic (exact) mass is 322 g/mol. The zero-order chi connectivity index (χ0) is 15.9. The SMILES string of the molecule is S=C(NCc1ccccc1)N[C@H](c1ccccc1)c1ccco1. The molecule has 0 radical (unpaired) electrons. The van der Waals surface area contributed by atoms with Gasteiger partial charge in [-0.1, -0.05) is 60.7 Å². The van der Waals surface area contributed by atoms with Gasteiger partial charge in [-0.3, -0.25) is 0 Å². The van der Waals surface area contributed by atoms with Gasteiger partial charge in [0.1, 0.15) is 11.8 Å². The van der Waals surface area contributed by atoms with Gasteiger partial charge in [0.25, 0.3) is 0 Å². The molecule has 0 amide bonds. The molecule has 2 N–H and O–H groups in total. The first-order valence-corrected chi connectivity index (χ1v) is 7.90. The summed E-state index contributed by atoms with van der Waals surface area (Å²) in [5.74, 6) is 0.833. The van der Waals surface area contributed by atoms with Gasteiger partial charge in [-0.15, -0.1) is 0 Å². The Balaban J connectivity index is 1.68. The molecular weight excluding hydrogens is 304 g/mol. The lowest BCUT2D eigenvalue weighted by molar-refractivity contribution is 0.474. The predicted molar refractivity (Wildman–Crippen MR) is 96.0 cm³/mol. The summed E-state index contributed by atoms with van der Waals surface area (Å²) in [6.45, 7) is 0.687. The largest absolute Gasteiger partial charge is 0.467 e. The standard InChI is InChI=1S/C19H18N2OS/c23-19(20-14-15-8-3-1-4-9-15)21-18(17-12-7-13-22-17)16-10-5-2-6-11-16/h1-13,18H,14H2,(H2,20,21,23)/t18-/m1/s1. The van der Waals surface area contributed by atoms with Crippen LogP contribution in [-0.4, -0.2) is 5.11 Å². The van der Waals surface area contributed by atoms with Crippen LogP contribution in [0, 0.1) is 0 Å². The molecule has 0 saturated heterocycles. The van der Waals surface area contributed by atoms with Crippen molar-refractivity contribution in [2.45, 2.75) is 12.6 Å². The predicted octanol–water partition coefficient (Wildman–Crippen LogP) is 4.03. The average molecular weight is 322 g/mol. The summed E-state index contributed by atoms with van der Waals surface area (Å²) in [5.41, 5.74) is 2.29. The lowest BCUT2D eigenvalue weighted by atomic mass is 10.1. The molecule has 3 aromatic rings. The molecule has 0 aliphatic heterocycles. The number of rotatable bonds is 5. The van der Waals surface area contributed by atoms with Gasteiger partial charge >= 0.3 is 0 Å². The van der Waals surface area contributed by atoms with Crippen LogP contribution in [0.1, 0.15) is 22.9 Å². The molecule has 0 aliphatic carbocycles. The van der Waals surface area contributed by atoms with Gasteiger partial charge < -0.3 is 15.1 Å². The van der Waals surface area contributed by atoms with Crippen LogP contribution in [-0.2, 0) is 6.54 Å². The second-order valence-electron chi connectivity index (χ2n) is 5.17. The van der Waals surface area contributed by atoms with E-state index in [9.17, 15) is 0 Å². The Kier molecular flexibility index (Phi) is 5.06. The van der Waals surface area contributed by atoms with Crippen molar-refractivity contribution in [3.05, 3.63) is 95.9 Å². The van der Waals surface area contributed by atoms with Crippen molar-refractivity contribution in [3.63, 3.8) is 0 Å². The van der Waals surface area contributed by atoms with Crippen molar-refractivity contribution in [1.29, 1.82) is 0 Å². The minimum Gasteiger partial charge on any atom is -0.467 e. The highest BCUT2D eigenvalue weighted by Gasteiger charge is 2.17. The van der Waals surface area contributed by atoms with E-state index >= 15 is 0 Å². The third-order valence-electron chi connectivity index (χ3n) is 3.53. The van der Waals surface area contributed by atoms with Crippen LogP contribution in [0.3, 0.4) is 0 Å².